The van der Waals surface area contributed by atoms with Crippen molar-refractivity contribution in [3.05, 3.63) is 104 Å². The standard InChI is InChI=1S/C22H17Cl2NO5S/c1-14-2-9-18(10-3-14)31(29,30)22(16-6-11-19(23)20(24)12-16)13-21(26)15-4-7-17(8-5-15)25(27)28/h2-12,22H,13H2,1H3/t22-/m1/s1. The first-order chi connectivity index (χ1) is 14.6. The molecule has 9 heteroatoms. The number of ketones is 1. The van der Waals surface area contributed by atoms with Crippen LogP contribution in [0.25, 0.3) is 0 Å². The lowest BCUT2D eigenvalue weighted by atomic mass is 10.0. The van der Waals surface area contributed by atoms with E-state index in [-0.39, 0.29) is 32.6 Å². The lowest BCUT2D eigenvalue weighted by Gasteiger charge is -2.19. The SMILES string of the molecule is Cc1ccc(S(=O)(=O)[C@H](CC(=O)c2ccc([N+](=O)[O-])cc2)c2ccc(Cl)c(Cl)c2)cc1. The Bertz CT molecular complexity index is 1240. The van der Waals surface area contributed by atoms with Crippen molar-refractivity contribution in [3.8, 4) is 0 Å². The summed E-state index contributed by atoms with van der Waals surface area (Å²) in [5.41, 5.74) is 1.23. The number of halogens is 2. The molecule has 31 heavy (non-hydrogen) atoms. The third kappa shape index (κ3) is 5.12. The number of nitro groups is 1. The maximum Gasteiger partial charge on any atom is 0.269 e. The minimum atomic E-state index is -3.96. The summed E-state index contributed by atoms with van der Waals surface area (Å²) in [5.74, 6) is -0.471. The van der Waals surface area contributed by atoms with Crippen LogP contribution in [0, 0.1) is 17.0 Å². The van der Waals surface area contributed by atoms with E-state index >= 15 is 0 Å². The van der Waals surface area contributed by atoms with Crippen LogP contribution in [0.15, 0.2) is 71.6 Å². The van der Waals surface area contributed by atoms with E-state index in [2.05, 4.69) is 0 Å². The van der Waals surface area contributed by atoms with Gasteiger partial charge in [0.2, 0.25) is 0 Å². The molecule has 0 heterocycles. The monoisotopic (exact) mass is 477 g/mol. The molecule has 0 spiro atoms. The zero-order valence-electron chi connectivity index (χ0n) is 16.3. The number of non-ortho nitro benzene ring substituents is 1. The predicted molar refractivity (Wildman–Crippen MR) is 120 cm³/mol. The number of sulfone groups is 1. The van der Waals surface area contributed by atoms with E-state index in [1.807, 2.05) is 6.92 Å². The number of hydrogen-bond donors (Lipinski definition) is 0. The van der Waals surface area contributed by atoms with Crippen LogP contribution in [-0.2, 0) is 9.84 Å². The summed E-state index contributed by atoms with van der Waals surface area (Å²) in [4.78, 5) is 23.2. The zero-order chi connectivity index (χ0) is 22.8. The summed E-state index contributed by atoms with van der Waals surface area (Å²) >= 11 is 12.1. The molecule has 0 saturated carbocycles. The molecule has 0 fully saturated rings. The Kier molecular flexibility index (Phi) is 6.79. The summed E-state index contributed by atoms with van der Waals surface area (Å²) in [6.07, 6.45) is -0.369. The molecule has 3 aromatic carbocycles. The molecule has 6 nitrogen and oxygen atoms in total. The maximum atomic E-state index is 13.4. The Morgan fingerprint density at radius 2 is 1.58 bits per heavy atom. The van der Waals surface area contributed by atoms with Gasteiger partial charge in [-0.15, -0.1) is 0 Å². The topological polar surface area (TPSA) is 94.3 Å². The van der Waals surface area contributed by atoms with Gasteiger partial charge in [0, 0.05) is 24.1 Å². The minimum absolute atomic E-state index is 0.0747. The van der Waals surface area contributed by atoms with Gasteiger partial charge in [0.25, 0.3) is 5.69 Å². The van der Waals surface area contributed by atoms with Crippen LogP contribution < -0.4 is 0 Å². The van der Waals surface area contributed by atoms with Gasteiger partial charge >= 0.3 is 0 Å². The van der Waals surface area contributed by atoms with Crippen LogP contribution in [0.5, 0.6) is 0 Å². The van der Waals surface area contributed by atoms with Crippen LogP contribution in [0.3, 0.4) is 0 Å². The van der Waals surface area contributed by atoms with Gasteiger partial charge in [0.1, 0.15) is 0 Å². The van der Waals surface area contributed by atoms with E-state index in [9.17, 15) is 23.3 Å². The van der Waals surface area contributed by atoms with Crippen molar-refractivity contribution in [1.82, 2.24) is 0 Å². The lowest BCUT2D eigenvalue weighted by Crippen LogP contribution is -2.18. The molecule has 0 amide bonds. The molecule has 3 aromatic rings. The van der Waals surface area contributed by atoms with Gasteiger partial charge in [-0.1, -0.05) is 47.0 Å². The van der Waals surface area contributed by atoms with Crippen LogP contribution in [0.2, 0.25) is 10.0 Å². The molecule has 0 unspecified atom stereocenters. The fourth-order valence-corrected chi connectivity index (χ4v) is 5.09. The molecule has 0 aliphatic carbocycles. The average Bonchev–Trinajstić information content (AvgIpc) is 2.74. The molecule has 0 bridgehead atoms. The number of nitro benzene ring substituents is 1. The summed E-state index contributed by atoms with van der Waals surface area (Å²) in [6.45, 7) is 1.84. The van der Waals surface area contributed by atoms with Crippen LogP contribution in [0.1, 0.15) is 33.2 Å². The Morgan fingerprint density at radius 3 is 2.13 bits per heavy atom. The smallest absolute Gasteiger partial charge is 0.269 e. The van der Waals surface area contributed by atoms with Gasteiger partial charge in [0.15, 0.2) is 15.6 Å². The van der Waals surface area contributed by atoms with E-state index in [1.165, 1.54) is 54.6 Å². The second-order valence-electron chi connectivity index (χ2n) is 6.95. The Hall–Kier alpha value is -2.74. The van der Waals surface area contributed by atoms with E-state index in [1.54, 1.807) is 12.1 Å². The van der Waals surface area contributed by atoms with Gasteiger partial charge < -0.3 is 0 Å². The number of aryl methyl sites for hydroxylation is 1. The molecule has 160 valence electrons. The molecular formula is C22H17Cl2NO5S. The highest BCUT2D eigenvalue weighted by atomic mass is 35.5. The van der Waals surface area contributed by atoms with Gasteiger partial charge in [-0.05, 0) is 48.9 Å². The largest absolute Gasteiger partial charge is 0.294 e. The summed E-state index contributed by atoms with van der Waals surface area (Å²) < 4.78 is 26.9. The molecule has 1 atom stereocenters. The number of hydrogen-bond acceptors (Lipinski definition) is 5. The Labute approximate surface area is 189 Å². The first kappa shape index (κ1) is 22.9. The molecule has 0 N–H and O–H groups in total. The third-order valence-corrected chi connectivity index (χ3v) is 7.67. The predicted octanol–water partition coefficient (Wildman–Crippen LogP) is 6.00. The van der Waals surface area contributed by atoms with Crippen LogP contribution in [-0.4, -0.2) is 19.1 Å². The maximum absolute atomic E-state index is 13.4. The highest BCUT2D eigenvalue weighted by Gasteiger charge is 2.32. The van der Waals surface area contributed by atoms with E-state index in [0.717, 1.165) is 5.56 Å². The van der Waals surface area contributed by atoms with Crippen LogP contribution in [0.4, 0.5) is 5.69 Å². The number of carbonyl (C=O) groups is 1. The third-order valence-electron chi connectivity index (χ3n) is 4.81. The van der Waals surface area contributed by atoms with Gasteiger partial charge in [-0.3, -0.25) is 14.9 Å². The van der Waals surface area contributed by atoms with Crippen molar-refractivity contribution in [2.75, 3.05) is 0 Å². The van der Waals surface area contributed by atoms with Gasteiger partial charge in [0.05, 0.1) is 25.1 Å². The number of rotatable bonds is 7. The first-order valence-corrected chi connectivity index (χ1v) is 11.4. The van der Waals surface area contributed by atoms with E-state index in [0.29, 0.717) is 5.56 Å². The molecule has 0 aromatic heterocycles. The van der Waals surface area contributed by atoms with Gasteiger partial charge in [-0.25, -0.2) is 8.42 Å². The minimum Gasteiger partial charge on any atom is -0.294 e. The van der Waals surface area contributed by atoms with Crippen molar-refractivity contribution in [2.24, 2.45) is 0 Å². The average molecular weight is 478 g/mol. The summed E-state index contributed by atoms with van der Waals surface area (Å²) in [7, 11) is -3.96. The van der Waals surface area contributed by atoms with E-state index < -0.39 is 25.8 Å². The fraction of sp³-hybridized carbons (Fsp3) is 0.136. The van der Waals surface area contributed by atoms with Crippen molar-refractivity contribution in [3.63, 3.8) is 0 Å². The number of nitrogens with zero attached hydrogens (tertiary/aromatic N) is 1. The van der Waals surface area contributed by atoms with Gasteiger partial charge in [-0.2, -0.15) is 0 Å². The van der Waals surface area contributed by atoms with Crippen LogP contribution >= 0.6 is 23.2 Å². The normalized spacial score (nSPS) is 12.4. The van der Waals surface area contributed by atoms with Crippen molar-refractivity contribution in [1.29, 1.82) is 0 Å². The van der Waals surface area contributed by atoms with Crippen molar-refractivity contribution >= 4 is 44.5 Å². The molecule has 0 aliphatic heterocycles. The highest BCUT2D eigenvalue weighted by molar-refractivity contribution is 7.91. The van der Waals surface area contributed by atoms with E-state index in [4.69, 9.17) is 23.2 Å². The molecule has 3 rings (SSSR count). The van der Waals surface area contributed by atoms with Crippen molar-refractivity contribution < 1.29 is 18.1 Å². The molecule has 0 saturated heterocycles. The fourth-order valence-electron chi connectivity index (χ4n) is 3.07. The lowest BCUT2D eigenvalue weighted by molar-refractivity contribution is -0.384. The first-order valence-electron chi connectivity index (χ1n) is 9.13. The number of Topliss-reactive ketones (excluding diaryl/α,β-unsaturated/α-hetero) is 1. The number of carbonyl (C=O) groups excluding carboxylic acids is 1. The molecular weight excluding hydrogens is 461 g/mol. The Morgan fingerprint density at radius 1 is 0.968 bits per heavy atom. The highest BCUT2D eigenvalue weighted by Crippen LogP contribution is 2.36. The Balaban J connectivity index is 2.03. The summed E-state index contributed by atoms with van der Waals surface area (Å²) in [6, 6.07) is 15.8. The molecule has 0 radical (unpaired) electrons. The molecule has 0 aliphatic rings. The zero-order valence-corrected chi connectivity index (χ0v) is 18.6. The summed E-state index contributed by atoms with van der Waals surface area (Å²) in [5, 5.41) is 10.1. The second-order valence-corrected chi connectivity index (χ2v) is 9.90. The quantitative estimate of drug-likeness (QED) is 0.236. The van der Waals surface area contributed by atoms with Crippen molar-refractivity contribution in [2.45, 2.75) is 23.5 Å². The number of benzene rings is 3. The second kappa shape index (κ2) is 9.18.